The Hall–Kier alpha value is -4.92. The van der Waals surface area contributed by atoms with Crippen molar-refractivity contribution in [3.63, 3.8) is 0 Å². The van der Waals surface area contributed by atoms with Gasteiger partial charge >= 0.3 is 6.36 Å². The second-order valence-corrected chi connectivity index (χ2v) is 17.3. The number of pyridine rings is 1. The molecule has 15 heteroatoms. The van der Waals surface area contributed by atoms with Crippen LogP contribution in [0.25, 0.3) is 22.8 Å². The first-order valence-corrected chi connectivity index (χ1v) is 20.5. The molecule has 3 aromatic heterocycles. The summed E-state index contributed by atoms with van der Waals surface area (Å²) in [6.45, 7) is 13.0. The van der Waals surface area contributed by atoms with E-state index in [1.165, 1.54) is 18.2 Å². The number of benzene rings is 1. The lowest BCUT2D eigenvalue weighted by atomic mass is 9.65. The molecule has 1 aromatic carbocycles. The number of rotatable bonds is 12. The van der Waals surface area contributed by atoms with Gasteiger partial charge in [0.15, 0.2) is 0 Å². The second kappa shape index (κ2) is 16.7. The molecular formula is C43H54F3N7O5. The monoisotopic (exact) mass is 805 g/mol. The lowest BCUT2D eigenvalue weighted by molar-refractivity contribution is -0.274. The Morgan fingerprint density at radius 2 is 1.72 bits per heavy atom. The molecule has 3 aliphatic rings. The number of nitrogens with zero attached hydrogens (tertiary/aromatic N) is 4. The van der Waals surface area contributed by atoms with E-state index in [2.05, 4.69) is 77.2 Å². The molecule has 2 saturated carbocycles. The van der Waals surface area contributed by atoms with E-state index in [-0.39, 0.29) is 59.8 Å². The Bertz CT molecular complexity index is 2160. The van der Waals surface area contributed by atoms with Crippen molar-refractivity contribution in [3.8, 4) is 5.75 Å². The highest BCUT2D eigenvalue weighted by Gasteiger charge is 2.42. The number of hydrogen-bond donors (Lipinski definition) is 4. The average molecular weight is 806 g/mol. The van der Waals surface area contributed by atoms with Crippen molar-refractivity contribution in [2.75, 3.05) is 18.5 Å². The fraction of sp³-hybridized carbons (Fsp3) is 0.558. The second-order valence-electron chi connectivity index (χ2n) is 17.3. The number of H-pyrrole nitrogens is 1. The number of aromatic amines is 1. The molecule has 7 unspecified atom stereocenters. The summed E-state index contributed by atoms with van der Waals surface area (Å²) in [4.78, 5) is 43.4. The van der Waals surface area contributed by atoms with E-state index in [0.29, 0.717) is 45.9 Å². The normalized spacial score (nSPS) is 25.0. The first kappa shape index (κ1) is 41.2. The molecule has 312 valence electrons. The third kappa shape index (κ3) is 8.74. The van der Waals surface area contributed by atoms with Crippen molar-refractivity contribution in [1.29, 1.82) is 0 Å². The number of nitrogens with one attached hydrogen (secondary N) is 3. The van der Waals surface area contributed by atoms with E-state index in [0.717, 1.165) is 54.6 Å². The van der Waals surface area contributed by atoms with Gasteiger partial charge in [0.1, 0.15) is 24.0 Å². The van der Waals surface area contributed by atoms with Gasteiger partial charge in [-0.25, -0.2) is 4.98 Å². The first-order chi connectivity index (χ1) is 27.6. The summed E-state index contributed by atoms with van der Waals surface area (Å²) >= 11 is 0. The third-order valence-corrected chi connectivity index (χ3v) is 12.5. The number of alkyl halides is 3. The van der Waals surface area contributed by atoms with E-state index in [1.807, 2.05) is 0 Å². The highest BCUT2D eigenvalue weighted by molar-refractivity contribution is 6.35. The van der Waals surface area contributed by atoms with Crippen LogP contribution in [0.2, 0.25) is 0 Å². The van der Waals surface area contributed by atoms with Gasteiger partial charge in [0.05, 0.1) is 11.1 Å². The van der Waals surface area contributed by atoms with Gasteiger partial charge in [-0.05, 0) is 114 Å². The maximum absolute atomic E-state index is 14.9. The largest absolute Gasteiger partial charge is 0.573 e. The Morgan fingerprint density at radius 3 is 2.41 bits per heavy atom. The van der Waals surface area contributed by atoms with Crippen LogP contribution in [-0.2, 0) is 4.79 Å². The van der Waals surface area contributed by atoms with Crippen LogP contribution < -0.4 is 20.2 Å². The van der Waals surface area contributed by atoms with E-state index in [4.69, 9.17) is 4.84 Å². The van der Waals surface area contributed by atoms with Crippen molar-refractivity contribution in [2.24, 2.45) is 35.5 Å². The van der Waals surface area contributed by atoms with Crippen molar-refractivity contribution >= 4 is 40.3 Å². The number of aromatic nitrogens is 5. The highest BCUT2D eigenvalue weighted by atomic mass is 19.4. The van der Waals surface area contributed by atoms with Crippen LogP contribution in [0.15, 0.2) is 36.5 Å². The van der Waals surface area contributed by atoms with Crippen LogP contribution in [0, 0.1) is 35.5 Å². The Morgan fingerprint density at radius 1 is 1.03 bits per heavy atom. The summed E-state index contributed by atoms with van der Waals surface area (Å²) in [5.41, 5.74) is 4.48. The van der Waals surface area contributed by atoms with Crippen LogP contribution >= 0.6 is 0 Å². The summed E-state index contributed by atoms with van der Waals surface area (Å²) in [6.07, 6.45) is 3.01. The predicted molar refractivity (Wildman–Crippen MR) is 214 cm³/mol. The highest BCUT2D eigenvalue weighted by Crippen LogP contribution is 2.51. The Balaban J connectivity index is 1.33. The summed E-state index contributed by atoms with van der Waals surface area (Å²) in [5, 5.41) is 24.9. The molecule has 0 radical (unpaired) electrons. The minimum Gasteiger partial charge on any atom is -0.406 e. The van der Waals surface area contributed by atoms with Crippen LogP contribution in [0.5, 0.6) is 5.75 Å². The number of fused-ring (bicyclic) bond motifs is 2. The molecule has 2 fully saturated rings. The molecule has 0 saturated heterocycles. The zero-order valence-electron chi connectivity index (χ0n) is 33.9. The maximum atomic E-state index is 14.9. The number of amides is 2. The lowest BCUT2D eigenvalue weighted by Gasteiger charge is -2.39. The fourth-order valence-corrected chi connectivity index (χ4v) is 9.64. The molecular weight excluding hydrogens is 752 g/mol. The van der Waals surface area contributed by atoms with Crippen LogP contribution in [-0.4, -0.2) is 67.7 Å². The van der Waals surface area contributed by atoms with Gasteiger partial charge in [0.25, 0.3) is 11.8 Å². The van der Waals surface area contributed by atoms with Gasteiger partial charge in [-0.2, -0.15) is 0 Å². The van der Waals surface area contributed by atoms with Crippen molar-refractivity contribution < 1.29 is 37.4 Å². The van der Waals surface area contributed by atoms with E-state index in [1.54, 1.807) is 24.4 Å². The molecule has 4 aromatic rings. The fourth-order valence-electron chi connectivity index (χ4n) is 9.64. The molecule has 0 bridgehead atoms. The van der Waals surface area contributed by atoms with Crippen LogP contribution in [0.3, 0.4) is 0 Å². The molecule has 2 aliphatic carbocycles. The van der Waals surface area contributed by atoms with Gasteiger partial charge < -0.3 is 30.3 Å². The number of aliphatic hydroxyl groups is 1. The number of carbonyl (C=O) groups excluding carboxylic acids is 2. The molecule has 4 N–H and O–H groups in total. The van der Waals surface area contributed by atoms with E-state index < -0.39 is 24.1 Å². The van der Waals surface area contributed by atoms with Gasteiger partial charge in [0, 0.05) is 41.3 Å². The number of anilines is 1. The summed E-state index contributed by atoms with van der Waals surface area (Å²) in [5.74, 6) is 0.539. The van der Waals surface area contributed by atoms with Gasteiger partial charge in [-0.15, -0.1) is 18.3 Å². The molecule has 2 amide bonds. The van der Waals surface area contributed by atoms with Gasteiger partial charge in [-0.3, -0.25) is 9.59 Å². The van der Waals surface area contributed by atoms with E-state index >= 15 is 0 Å². The molecule has 12 nitrogen and oxygen atoms in total. The molecule has 58 heavy (non-hydrogen) atoms. The average Bonchev–Trinajstić information content (AvgIpc) is 3.85. The number of aliphatic hydroxyl groups excluding tert-OH is 1. The minimum absolute atomic E-state index is 0.00764. The summed E-state index contributed by atoms with van der Waals surface area (Å²) in [7, 11) is 0. The van der Waals surface area contributed by atoms with Crippen LogP contribution in [0.4, 0.5) is 18.9 Å². The maximum Gasteiger partial charge on any atom is 0.573 e. The van der Waals surface area contributed by atoms with E-state index in [9.17, 15) is 27.9 Å². The number of hydrogen-bond acceptors (Lipinski definition) is 8. The molecule has 4 heterocycles. The topological polar surface area (TPSA) is 156 Å². The molecule has 1 aliphatic heterocycles. The SMILES string of the molecule is CC1CCC(C(C)C)C(c2[nH]c(C=C3C(=O)Nc4ccc(OC(F)(F)F)cc43)c(C3CC(C)CCC3C(C)C)c2C(=O)NCC(O)COn2nnc3cccnc32)C1. The Kier molecular flexibility index (Phi) is 11.9. The first-order valence-electron chi connectivity index (χ1n) is 20.5. The third-order valence-electron chi connectivity index (χ3n) is 12.5. The number of halogens is 3. The standard InChI is InChI=1S/C43H54F3N7O5/c1-22(2)28-12-9-24(5)16-31(28)37-36(19-33-30-18-27(58-43(44,45)46)11-14-34(30)50-41(33)55)49-39(32-17-25(6)10-13-29(32)23(3)4)38(37)42(56)48-20-26(54)21-57-53-40-35(51-52-53)8-7-15-47-40/h7-8,11,14-15,18-19,22-26,28-29,31-32,49,54H,9-10,12-13,16-17,20-21H2,1-6H3,(H,48,56)(H,50,55). The van der Waals surface area contributed by atoms with Crippen molar-refractivity contribution in [1.82, 2.24) is 30.4 Å². The molecule has 0 spiro atoms. The van der Waals surface area contributed by atoms with Gasteiger partial charge in [0.2, 0.25) is 5.65 Å². The predicted octanol–water partition coefficient (Wildman–Crippen LogP) is 8.12. The van der Waals surface area contributed by atoms with Gasteiger partial charge in [-0.1, -0.05) is 59.2 Å². The van der Waals surface area contributed by atoms with Crippen molar-refractivity contribution in [2.45, 2.75) is 104 Å². The van der Waals surface area contributed by atoms with Crippen LogP contribution in [0.1, 0.15) is 125 Å². The lowest BCUT2D eigenvalue weighted by Crippen LogP contribution is -2.38. The molecule has 7 rings (SSSR count). The summed E-state index contributed by atoms with van der Waals surface area (Å²) < 4.78 is 44.2. The number of ether oxygens (including phenoxy) is 1. The summed E-state index contributed by atoms with van der Waals surface area (Å²) in [6, 6.07) is 7.28. The smallest absolute Gasteiger partial charge is 0.406 e. The Labute approximate surface area is 336 Å². The minimum atomic E-state index is -4.91. The zero-order chi connectivity index (χ0) is 41.5. The van der Waals surface area contributed by atoms with Crippen molar-refractivity contribution in [3.05, 3.63) is 64.6 Å². The quantitative estimate of drug-likeness (QED) is 0.105. The number of carbonyl (C=O) groups is 2. The zero-order valence-corrected chi connectivity index (χ0v) is 33.9. The molecule has 7 atom stereocenters.